The lowest BCUT2D eigenvalue weighted by atomic mass is 10.3. The third-order valence-corrected chi connectivity index (χ3v) is 5.95. The molecule has 150 valence electrons. The molecule has 9 heteroatoms. The van der Waals surface area contributed by atoms with Gasteiger partial charge < -0.3 is 15.0 Å². The topological polar surface area (TPSA) is 74.8 Å². The molecular formula is C19H24N4O3S2. The summed E-state index contributed by atoms with van der Waals surface area (Å²) in [7, 11) is 0. The molecule has 0 radical (unpaired) electrons. The van der Waals surface area contributed by atoms with Crippen LogP contribution in [-0.2, 0) is 14.3 Å². The Kier molecular flexibility index (Phi) is 8.28. The van der Waals surface area contributed by atoms with E-state index < -0.39 is 0 Å². The van der Waals surface area contributed by atoms with Gasteiger partial charge in [-0.25, -0.2) is 4.98 Å². The fourth-order valence-corrected chi connectivity index (χ4v) is 4.12. The molecular weight excluding hydrogens is 396 g/mol. The van der Waals surface area contributed by atoms with Crippen LogP contribution in [0.2, 0.25) is 0 Å². The minimum atomic E-state index is -0.227. The Morgan fingerprint density at radius 2 is 2.04 bits per heavy atom. The molecule has 0 aliphatic carbocycles. The molecule has 1 aliphatic heterocycles. The number of morpholine rings is 1. The van der Waals surface area contributed by atoms with Crippen molar-refractivity contribution in [1.82, 2.24) is 14.8 Å². The van der Waals surface area contributed by atoms with Crippen LogP contribution in [0.3, 0.4) is 0 Å². The van der Waals surface area contributed by atoms with Crippen LogP contribution in [0, 0.1) is 0 Å². The largest absolute Gasteiger partial charge is 0.379 e. The zero-order chi connectivity index (χ0) is 19.6. The molecule has 0 unspecified atom stereocenters. The van der Waals surface area contributed by atoms with E-state index in [0.29, 0.717) is 30.6 Å². The van der Waals surface area contributed by atoms with Gasteiger partial charge in [-0.3, -0.25) is 14.5 Å². The van der Waals surface area contributed by atoms with E-state index in [1.165, 1.54) is 23.1 Å². The number of amides is 2. The van der Waals surface area contributed by atoms with Crippen molar-refractivity contribution in [2.75, 3.05) is 57.0 Å². The second kappa shape index (κ2) is 11.2. The number of aromatic nitrogens is 1. The van der Waals surface area contributed by atoms with Crippen molar-refractivity contribution in [1.29, 1.82) is 0 Å². The molecule has 0 atom stereocenters. The predicted octanol–water partition coefficient (Wildman–Crippen LogP) is 2.03. The Labute approximate surface area is 173 Å². The fraction of sp³-hybridized carbons (Fsp3) is 0.421. The average molecular weight is 421 g/mol. The van der Waals surface area contributed by atoms with Gasteiger partial charge in [-0.1, -0.05) is 18.2 Å². The number of thioether (sulfide) groups is 1. The molecule has 3 rings (SSSR count). The molecule has 1 aromatic heterocycles. The Morgan fingerprint density at radius 3 is 2.75 bits per heavy atom. The molecule has 1 aliphatic rings. The molecule has 1 fully saturated rings. The number of carbonyl (C=O) groups is 2. The zero-order valence-corrected chi connectivity index (χ0v) is 17.2. The number of thiazole rings is 1. The van der Waals surface area contributed by atoms with Crippen LogP contribution < -0.4 is 5.32 Å². The lowest BCUT2D eigenvalue weighted by molar-refractivity contribution is -0.132. The first-order valence-corrected chi connectivity index (χ1v) is 11.0. The van der Waals surface area contributed by atoms with Crippen LogP contribution in [0.25, 0.3) is 0 Å². The van der Waals surface area contributed by atoms with E-state index in [0.717, 1.165) is 24.5 Å². The van der Waals surface area contributed by atoms with Gasteiger partial charge in [-0.2, -0.15) is 0 Å². The number of hydrogen-bond donors (Lipinski definition) is 1. The zero-order valence-electron chi connectivity index (χ0n) is 15.6. The van der Waals surface area contributed by atoms with Gasteiger partial charge in [0.25, 0.3) is 0 Å². The number of rotatable bonds is 9. The summed E-state index contributed by atoms with van der Waals surface area (Å²) in [5.41, 5.74) is 0. The van der Waals surface area contributed by atoms with Gasteiger partial charge in [0.05, 0.1) is 25.5 Å². The maximum absolute atomic E-state index is 12.8. The minimum Gasteiger partial charge on any atom is -0.379 e. The summed E-state index contributed by atoms with van der Waals surface area (Å²) in [4.78, 5) is 34.2. The van der Waals surface area contributed by atoms with E-state index in [2.05, 4.69) is 15.2 Å². The van der Waals surface area contributed by atoms with Gasteiger partial charge in [0.1, 0.15) is 0 Å². The second-order valence-corrected chi connectivity index (χ2v) is 8.20. The predicted molar refractivity (Wildman–Crippen MR) is 112 cm³/mol. The van der Waals surface area contributed by atoms with Crippen molar-refractivity contribution < 1.29 is 14.3 Å². The maximum atomic E-state index is 12.8. The summed E-state index contributed by atoms with van der Waals surface area (Å²) in [5, 5.41) is 5.10. The van der Waals surface area contributed by atoms with Crippen molar-refractivity contribution in [3.8, 4) is 0 Å². The third kappa shape index (κ3) is 6.90. The van der Waals surface area contributed by atoms with Crippen LogP contribution in [0.5, 0.6) is 0 Å². The average Bonchev–Trinajstić information content (AvgIpc) is 3.23. The Morgan fingerprint density at radius 1 is 1.25 bits per heavy atom. The van der Waals surface area contributed by atoms with E-state index >= 15 is 0 Å². The molecule has 2 amide bonds. The lowest BCUT2D eigenvalue weighted by Gasteiger charge is -2.29. The van der Waals surface area contributed by atoms with Crippen molar-refractivity contribution >= 4 is 40.0 Å². The van der Waals surface area contributed by atoms with Crippen molar-refractivity contribution in [2.45, 2.75) is 4.90 Å². The highest BCUT2D eigenvalue weighted by Crippen LogP contribution is 2.17. The monoisotopic (exact) mass is 420 g/mol. The fourth-order valence-electron chi connectivity index (χ4n) is 2.75. The molecule has 28 heavy (non-hydrogen) atoms. The first-order chi connectivity index (χ1) is 13.7. The van der Waals surface area contributed by atoms with E-state index in [-0.39, 0.29) is 18.4 Å². The Bertz CT molecular complexity index is 737. The second-order valence-electron chi connectivity index (χ2n) is 6.26. The molecule has 0 spiro atoms. The smallest absolute Gasteiger partial charge is 0.245 e. The highest BCUT2D eigenvalue weighted by molar-refractivity contribution is 8.00. The van der Waals surface area contributed by atoms with E-state index in [4.69, 9.17) is 4.74 Å². The van der Waals surface area contributed by atoms with Gasteiger partial charge in [0.2, 0.25) is 11.8 Å². The standard InChI is InChI=1S/C19H24N4O3S2/c24-17(21-19-20-6-13-27-19)14-23(8-7-22-9-11-26-12-10-22)18(25)15-28-16-4-2-1-3-5-16/h1-6,13H,7-12,14-15H2,(H,20,21,24). The molecule has 7 nitrogen and oxygen atoms in total. The van der Waals surface area contributed by atoms with E-state index in [9.17, 15) is 9.59 Å². The number of ether oxygens (including phenoxy) is 1. The van der Waals surface area contributed by atoms with E-state index in [1.54, 1.807) is 16.5 Å². The Balaban J connectivity index is 1.55. The summed E-state index contributed by atoms with van der Waals surface area (Å²) in [6.45, 7) is 4.40. The molecule has 0 bridgehead atoms. The summed E-state index contributed by atoms with van der Waals surface area (Å²) in [5.74, 6) is 0.0314. The molecule has 1 aromatic carbocycles. The highest BCUT2D eigenvalue weighted by atomic mass is 32.2. The Hall–Kier alpha value is -1.94. The number of benzene rings is 1. The molecule has 0 saturated carbocycles. The maximum Gasteiger partial charge on any atom is 0.245 e. The molecule has 2 heterocycles. The number of carbonyl (C=O) groups excluding carboxylic acids is 2. The number of nitrogens with one attached hydrogen (secondary N) is 1. The number of nitrogens with zero attached hydrogens (tertiary/aromatic N) is 3. The van der Waals surface area contributed by atoms with Crippen LogP contribution in [0.1, 0.15) is 0 Å². The van der Waals surface area contributed by atoms with Crippen molar-refractivity contribution in [2.24, 2.45) is 0 Å². The van der Waals surface area contributed by atoms with E-state index in [1.807, 2.05) is 30.3 Å². The molecule has 2 aromatic rings. The lowest BCUT2D eigenvalue weighted by Crippen LogP contribution is -2.45. The first kappa shape index (κ1) is 20.8. The SMILES string of the molecule is O=C(CN(CCN1CCOCC1)C(=O)CSc1ccccc1)Nc1nccs1. The van der Waals surface area contributed by atoms with Gasteiger partial charge >= 0.3 is 0 Å². The summed E-state index contributed by atoms with van der Waals surface area (Å²) in [6, 6.07) is 9.80. The molecule has 1 saturated heterocycles. The van der Waals surface area contributed by atoms with Crippen molar-refractivity contribution in [3.63, 3.8) is 0 Å². The summed E-state index contributed by atoms with van der Waals surface area (Å²) in [6.07, 6.45) is 1.64. The highest BCUT2D eigenvalue weighted by Gasteiger charge is 2.20. The summed E-state index contributed by atoms with van der Waals surface area (Å²) >= 11 is 2.84. The summed E-state index contributed by atoms with van der Waals surface area (Å²) < 4.78 is 5.37. The third-order valence-electron chi connectivity index (χ3n) is 4.26. The van der Waals surface area contributed by atoms with Crippen molar-refractivity contribution in [3.05, 3.63) is 41.9 Å². The van der Waals surface area contributed by atoms with Crippen LogP contribution in [-0.4, -0.2) is 78.3 Å². The van der Waals surface area contributed by atoms with Crippen LogP contribution >= 0.6 is 23.1 Å². The first-order valence-electron chi connectivity index (χ1n) is 9.16. The molecule has 1 N–H and O–H groups in total. The normalized spacial score (nSPS) is 14.6. The number of hydrogen-bond acceptors (Lipinski definition) is 7. The van der Waals surface area contributed by atoms with Gasteiger partial charge in [0, 0.05) is 42.7 Å². The van der Waals surface area contributed by atoms with Gasteiger partial charge in [-0.05, 0) is 12.1 Å². The van der Waals surface area contributed by atoms with Crippen LogP contribution in [0.4, 0.5) is 5.13 Å². The number of anilines is 1. The van der Waals surface area contributed by atoms with Gasteiger partial charge in [-0.15, -0.1) is 23.1 Å². The van der Waals surface area contributed by atoms with Crippen LogP contribution in [0.15, 0.2) is 46.8 Å². The quantitative estimate of drug-likeness (QED) is 0.626. The van der Waals surface area contributed by atoms with Gasteiger partial charge in [0.15, 0.2) is 5.13 Å². The minimum absolute atomic E-state index is 0.0259.